The summed E-state index contributed by atoms with van der Waals surface area (Å²) in [6, 6.07) is 5.09. The van der Waals surface area contributed by atoms with Crippen molar-refractivity contribution in [3.05, 3.63) is 23.8 Å². The minimum atomic E-state index is -2.88. The number of hydrogen-bond donors (Lipinski definition) is 1. The number of benzene rings is 1. The van der Waals surface area contributed by atoms with Crippen LogP contribution in [0.25, 0.3) is 0 Å². The number of guanidine groups is 1. The van der Waals surface area contributed by atoms with Gasteiger partial charge in [-0.25, -0.2) is 0 Å². The van der Waals surface area contributed by atoms with Crippen molar-refractivity contribution in [2.75, 3.05) is 39.5 Å². The number of alkyl halides is 2. The summed E-state index contributed by atoms with van der Waals surface area (Å²) < 4.78 is 34.8. The number of nitrogens with one attached hydrogen (secondary N) is 1. The molecule has 1 aromatic rings. The fourth-order valence-corrected chi connectivity index (χ4v) is 4.02. The molecule has 0 atom stereocenters. The summed E-state index contributed by atoms with van der Waals surface area (Å²) in [7, 11) is 3.20. The number of thioether (sulfide) groups is 1. The summed E-state index contributed by atoms with van der Waals surface area (Å²) in [5.41, 5.74) is 0.888. The van der Waals surface area contributed by atoms with Gasteiger partial charge in [0.2, 0.25) is 0 Å². The van der Waals surface area contributed by atoms with Crippen molar-refractivity contribution >= 4 is 41.7 Å². The van der Waals surface area contributed by atoms with Gasteiger partial charge in [0.25, 0.3) is 0 Å². The first kappa shape index (κ1) is 24.1. The van der Waals surface area contributed by atoms with Gasteiger partial charge < -0.3 is 19.7 Å². The van der Waals surface area contributed by atoms with Crippen LogP contribution in [0.1, 0.15) is 19.4 Å². The fraction of sp³-hybridized carbons (Fsp3) is 0.611. The van der Waals surface area contributed by atoms with E-state index in [1.54, 1.807) is 19.2 Å². The Balaban J connectivity index is 0.00000364. The van der Waals surface area contributed by atoms with E-state index in [1.165, 1.54) is 7.11 Å². The van der Waals surface area contributed by atoms with E-state index < -0.39 is 6.61 Å². The van der Waals surface area contributed by atoms with Crippen molar-refractivity contribution < 1.29 is 18.3 Å². The molecule has 0 unspecified atom stereocenters. The van der Waals surface area contributed by atoms with E-state index in [9.17, 15) is 8.78 Å². The molecule has 0 bridgehead atoms. The van der Waals surface area contributed by atoms with Gasteiger partial charge in [0.1, 0.15) is 0 Å². The molecule has 0 spiro atoms. The van der Waals surface area contributed by atoms with Crippen LogP contribution in [0, 0.1) is 0 Å². The Labute approximate surface area is 181 Å². The third-order valence-electron chi connectivity index (χ3n) is 4.08. The van der Waals surface area contributed by atoms with Crippen molar-refractivity contribution in [2.24, 2.45) is 4.99 Å². The predicted octanol–water partition coefficient (Wildman–Crippen LogP) is 3.86. The number of hydrogen-bond acceptors (Lipinski definition) is 4. The summed E-state index contributed by atoms with van der Waals surface area (Å²) in [4.78, 5) is 6.63. The van der Waals surface area contributed by atoms with Gasteiger partial charge in [-0.1, -0.05) is 6.07 Å². The molecule has 1 fully saturated rings. The summed E-state index contributed by atoms with van der Waals surface area (Å²) in [5.74, 6) is 2.29. The Hall–Kier alpha value is -0.970. The van der Waals surface area contributed by atoms with Crippen LogP contribution in [-0.4, -0.2) is 61.8 Å². The van der Waals surface area contributed by atoms with Crippen molar-refractivity contribution in [2.45, 2.75) is 31.6 Å². The molecule has 0 aliphatic carbocycles. The third kappa shape index (κ3) is 7.52. The van der Waals surface area contributed by atoms with E-state index >= 15 is 0 Å². The van der Waals surface area contributed by atoms with Crippen LogP contribution in [0.3, 0.4) is 0 Å². The number of methoxy groups -OCH3 is 1. The first-order valence-electron chi connectivity index (χ1n) is 8.56. The van der Waals surface area contributed by atoms with Crippen molar-refractivity contribution in [3.8, 4) is 11.5 Å². The molecule has 0 amide bonds. The smallest absolute Gasteiger partial charge is 0.387 e. The maximum absolute atomic E-state index is 12.5. The molecular formula is C18H28F2IN3O2S. The van der Waals surface area contributed by atoms with Crippen LogP contribution < -0.4 is 14.8 Å². The molecule has 0 radical (unpaired) electrons. The highest BCUT2D eigenvalue weighted by atomic mass is 127. The number of nitrogens with zero attached hydrogens (tertiary/aromatic N) is 2. The van der Waals surface area contributed by atoms with Gasteiger partial charge in [-0.3, -0.25) is 4.99 Å². The molecule has 1 aliphatic rings. The Morgan fingerprint density at radius 2 is 2.11 bits per heavy atom. The zero-order valence-corrected chi connectivity index (χ0v) is 19.3. The molecule has 9 heteroatoms. The van der Waals surface area contributed by atoms with Crippen molar-refractivity contribution in [1.82, 2.24) is 10.2 Å². The Morgan fingerprint density at radius 1 is 1.37 bits per heavy atom. The zero-order valence-electron chi connectivity index (χ0n) is 16.1. The van der Waals surface area contributed by atoms with E-state index in [4.69, 9.17) is 4.74 Å². The summed E-state index contributed by atoms with van der Waals surface area (Å²) in [5, 5.41) is 3.36. The predicted molar refractivity (Wildman–Crippen MR) is 118 cm³/mol. The summed E-state index contributed by atoms with van der Waals surface area (Å²) in [6.45, 7) is 4.14. The average molecular weight is 515 g/mol. The van der Waals surface area contributed by atoms with Crippen LogP contribution in [0.2, 0.25) is 0 Å². The lowest BCUT2D eigenvalue weighted by Crippen LogP contribution is -2.51. The average Bonchev–Trinajstić information content (AvgIpc) is 2.57. The van der Waals surface area contributed by atoms with Crippen LogP contribution >= 0.6 is 35.7 Å². The molecule has 2 rings (SSSR count). The number of halogens is 3. The van der Waals surface area contributed by atoms with Gasteiger partial charge in [-0.2, -0.15) is 20.5 Å². The van der Waals surface area contributed by atoms with Gasteiger partial charge in [0.05, 0.1) is 7.11 Å². The van der Waals surface area contributed by atoms with Crippen LogP contribution in [0.5, 0.6) is 11.5 Å². The van der Waals surface area contributed by atoms with E-state index in [0.717, 1.165) is 30.4 Å². The zero-order chi connectivity index (χ0) is 19.2. The fourth-order valence-electron chi connectivity index (χ4n) is 2.91. The van der Waals surface area contributed by atoms with E-state index in [1.807, 2.05) is 17.8 Å². The Morgan fingerprint density at radius 3 is 2.70 bits per heavy atom. The van der Waals surface area contributed by atoms with Gasteiger partial charge in [0.15, 0.2) is 17.5 Å². The van der Waals surface area contributed by atoms with Gasteiger partial charge in [-0.15, -0.1) is 24.0 Å². The maximum Gasteiger partial charge on any atom is 0.387 e. The van der Waals surface area contributed by atoms with Gasteiger partial charge in [0, 0.05) is 37.2 Å². The lowest BCUT2D eigenvalue weighted by Gasteiger charge is -2.39. The highest BCUT2D eigenvalue weighted by Crippen LogP contribution is 2.30. The topological polar surface area (TPSA) is 46.1 Å². The van der Waals surface area contributed by atoms with E-state index in [-0.39, 0.29) is 34.5 Å². The Bertz CT molecular complexity index is 633. The van der Waals surface area contributed by atoms with Gasteiger partial charge >= 0.3 is 6.61 Å². The molecule has 1 N–H and O–H groups in total. The molecule has 1 aromatic carbocycles. The van der Waals surface area contributed by atoms with Crippen molar-refractivity contribution in [1.29, 1.82) is 0 Å². The SMILES string of the molecule is CN=C(NCCc1ccc(OC)c(OC(F)F)c1)N1CCSC(C)(C)C1.I. The maximum atomic E-state index is 12.5. The second-order valence-electron chi connectivity index (χ2n) is 6.62. The monoisotopic (exact) mass is 515 g/mol. The van der Waals surface area contributed by atoms with Crippen molar-refractivity contribution in [3.63, 3.8) is 0 Å². The lowest BCUT2D eigenvalue weighted by molar-refractivity contribution is -0.0512. The molecule has 1 saturated heterocycles. The minimum Gasteiger partial charge on any atom is -0.493 e. The van der Waals surface area contributed by atoms with Crippen LogP contribution in [0.4, 0.5) is 8.78 Å². The summed E-state index contributed by atoms with van der Waals surface area (Å²) in [6.07, 6.45) is 0.661. The Kier molecular flexibility index (Phi) is 9.92. The van der Waals surface area contributed by atoms with Gasteiger partial charge in [-0.05, 0) is 38.0 Å². The quantitative estimate of drug-likeness (QED) is 0.354. The normalized spacial score (nSPS) is 16.7. The molecule has 1 aliphatic heterocycles. The molecule has 0 aromatic heterocycles. The third-order valence-corrected chi connectivity index (χ3v) is 5.38. The molecule has 5 nitrogen and oxygen atoms in total. The van der Waals surface area contributed by atoms with Crippen LogP contribution in [0.15, 0.2) is 23.2 Å². The standard InChI is InChI=1S/C18H27F2N3O2S.HI/c1-18(2)12-23(9-10-26-18)17(21-3)22-8-7-13-5-6-14(24-4)15(11-13)25-16(19)20;/h5-6,11,16H,7-10,12H2,1-4H3,(H,21,22);1H. The lowest BCUT2D eigenvalue weighted by atomic mass is 10.1. The number of aliphatic imine (C=N–C) groups is 1. The van der Waals surface area contributed by atoms with Crippen LogP contribution in [-0.2, 0) is 6.42 Å². The second kappa shape index (κ2) is 11.1. The first-order valence-corrected chi connectivity index (χ1v) is 9.54. The van der Waals surface area contributed by atoms with E-state index in [2.05, 4.69) is 33.8 Å². The summed E-state index contributed by atoms with van der Waals surface area (Å²) >= 11 is 1.97. The molecule has 0 saturated carbocycles. The first-order chi connectivity index (χ1) is 12.3. The highest BCUT2D eigenvalue weighted by Gasteiger charge is 2.28. The second-order valence-corrected chi connectivity index (χ2v) is 8.42. The number of rotatable bonds is 6. The van der Waals surface area contributed by atoms with E-state index in [0.29, 0.717) is 18.7 Å². The minimum absolute atomic E-state index is 0. The number of ether oxygens (including phenoxy) is 2. The molecule has 27 heavy (non-hydrogen) atoms. The largest absolute Gasteiger partial charge is 0.493 e. The molecule has 154 valence electrons. The molecule has 1 heterocycles. The molecular weight excluding hydrogens is 487 g/mol. The highest BCUT2D eigenvalue weighted by molar-refractivity contribution is 14.0.